The molecule has 0 spiro atoms. The van der Waals surface area contributed by atoms with Gasteiger partial charge >= 0.3 is 5.97 Å². The molecule has 28 heavy (non-hydrogen) atoms. The molecule has 2 atom stereocenters. The Morgan fingerprint density at radius 1 is 1.21 bits per heavy atom. The van der Waals surface area contributed by atoms with Crippen LogP contribution in [0.3, 0.4) is 0 Å². The number of halogens is 1. The van der Waals surface area contributed by atoms with Crippen LogP contribution in [-0.2, 0) is 14.9 Å². The normalized spacial score (nSPS) is 14.1. The molecule has 0 saturated carbocycles. The SMILES string of the molecule is C=CCC(CCNC(C)c1ccc(Br)cc1)(CC(=O)OCC)c1ccccc1. The van der Waals surface area contributed by atoms with Gasteiger partial charge in [-0.1, -0.05) is 64.5 Å². The van der Waals surface area contributed by atoms with Crippen molar-refractivity contribution in [3.8, 4) is 0 Å². The summed E-state index contributed by atoms with van der Waals surface area (Å²) in [6.45, 7) is 9.14. The van der Waals surface area contributed by atoms with Gasteiger partial charge in [0, 0.05) is 15.9 Å². The van der Waals surface area contributed by atoms with Gasteiger partial charge < -0.3 is 10.1 Å². The molecule has 4 heteroatoms. The minimum absolute atomic E-state index is 0.158. The van der Waals surface area contributed by atoms with Gasteiger partial charge in [-0.3, -0.25) is 4.79 Å². The smallest absolute Gasteiger partial charge is 0.306 e. The summed E-state index contributed by atoms with van der Waals surface area (Å²) >= 11 is 3.48. The maximum absolute atomic E-state index is 12.4. The minimum Gasteiger partial charge on any atom is -0.466 e. The van der Waals surface area contributed by atoms with E-state index in [0.717, 1.165) is 29.4 Å². The van der Waals surface area contributed by atoms with Crippen LogP contribution in [0.2, 0.25) is 0 Å². The lowest BCUT2D eigenvalue weighted by Crippen LogP contribution is -2.34. The molecule has 0 radical (unpaired) electrons. The lowest BCUT2D eigenvalue weighted by atomic mass is 9.72. The zero-order valence-electron chi connectivity index (χ0n) is 16.8. The van der Waals surface area contributed by atoms with Crippen LogP contribution < -0.4 is 5.32 Å². The number of nitrogens with one attached hydrogen (secondary N) is 1. The van der Waals surface area contributed by atoms with Crippen LogP contribution in [0.25, 0.3) is 0 Å². The fourth-order valence-electron chi connectivity index (χ4n) is 3.58. The van der Waals surface area contributed by atoms with Gasteiger partial charge in [-0.25, -0.2) is 0 Å². The van der Waals surface area contributed by atoms with Crippen LogP contribution in [0.15, 0.2) is 71.7 Å². The molecule has 3 nitrogen and oxygen atoms in total. The Morgan fingerprint density at radius 2 is 1.89 bits per heavy atom. The fraction of sp³-hybridized carbons (Fsp3) is 0.375. The van der Waals surface area contributed by atoms with E-state index in [2.05, 4.69) is 71.1 Å². The molecule has 0 heterocycles. The molecule has 0 saturated heterocycles. The quantitative estimate of drug-likeness (QED) is 0.344. The van der Waals surface area contributed by atoms with Crippen LogP contribution >= 0.6 is 15.9 Å². The predicted molar refractivity (Wildman–Crippen MR) is 119 cm³/mol. The molecule has 2 aromatic carbocycles. The monoisotopic (exact) mass is 443 g/mol. The topological polar surface area (TPSA) is 38.3 Å². The van der Waals surface area contributed by atoms with E-state index in [1.54, 1.807) is 0 Å². The summed E-state index contributed by atoms with van der Waals surface area (Å²) in [4.78, 5) is 12.4. The second-order valence-electron chi connectivity index (χ2n) is 7.10. The van der Waals surface area contributed by atoms with Crippen LogP contribution in [0, 0.1) is 0 Å². The molecule has 0 aliphatic rings. The second kappa shape index (κ2) is 11.2. The maximum Gasteiger partial charge on any atom is 0.306 e. The highest BCUT2D eigenvalue weighted by molar-refractivity contribution is 9.10. The number of hydrogen-bond acceptors (Lipinski definition) is 3. The zero-order valence-corrected chi connectivity index (χ0v) is 18.4. The molecule has 0 amide bonds. The van der Waals surface area contributed by atoms with Crippen molar-refractivity contribution in [3.63, 3.8) is 0 Å². The largest absolute Gasteiger partial charge is 0.466 e. The molecule has 2 aromatic rings. The van der Waals surface area contributed by atoms with Gasteiger partial charge in [0.15, 0.2) is 0 Å². The van der Waals surface area contributed by atoms with Crippen LogP contribution in [0.4, 0.5) is 0 Å². The predicted octanol–water partition coefficient (Wildman–Crippen LogP) is 5.96. The van der Waals surface area contributed by atoms with E-state index in [0.29, 0.717) is 13.0 Å². The van der Waals surface area contributed by atoms with E-state index in [-0.39, 0.29) is 17.4 Å². The van der Waals surface area contributed by atoms with E-state index < -0.39 is 0 Å². The Bertz CT molecular complexity index is 745. The molecule has 150 valence electrons. The summed E-state index contributed by atoms with van der Waals surface area (Å²) < 4.78 is 6.35. The molecule has 1 N–H and O–H groups in total. The Kier molecular flexibility index (Phi) is 8.94. The van der Waals surface area contributed by atoms with Gasteiger partial charge in [0.1, 0.15) is 0 Å². The summed E-state index contributed by atoms with van der Waals surface area (Å²) in [5.41, 5.74) is 2.07. The molecular weight excluding hydrogens is 414 g/mol. The summed E-state index contributed by atoms with van der Waals surface area (Å²) in [6.07, 6.45) is 3.81. The highest BCUT2D eigenvalue weighted by Crippen LogP contribution is 2.36. The van der Waals surface area contributed by atoms with E-state index in [4.69, 9.17) is 4.74 Å². The molecule has 2 rings (SSSR count). The van der Waals surface area contributed by atoms with E-state index in [1.807, 2.05) is 31.2 Å². The molecule has 0 bridgehead atoms. The highest BCUT2D eigenvalue weighted by Gasteiger charge is 2.34. The van der Waals surface area contributed by atoms with Crippen molar-refractivity contribution in [2.45, 2.75) is 44.6 Å². The minimum atomic E-state index is -0.318. The third-order valence-electron chi connectivity index (χ3n) is 5.13. The molecular formula is C24H30BrNO2. The lowest BCUT2D eigenvalue weighted by Gasteiger charge is -2.33. The van der Waals surface area contributed by atoms with Crippen molar-refractivity contribution in [2.24, 2.45) is 0 Å². The van der Waals surface area contributed by atoms with Crippen molar-refractivity contribution in [1.29, 1.82) is 0 Å². The molecule has 0 fully saturated rings. The van der Waals surface area contributed by atoms with E-state index in [9.17, 15) is 4.79 Å². The Balaban J connectivity index is 2.14. The van der Waals surface area contributed by atoms with E-state index in [1.165, 1.54) is 5.56 Å². The number of carbonyl (C=O) groups excluding carboxylic acids is 1. The number of rotatable bonds is 11. The summed E-state index contributed by atoms with van der Waals surface area (Å²) in [5, 5.41) is 3.61. The van der Waals surface area contributed by atoms with Crippen molar-refractivity contribution < 1.29 is 9.53 Å². The number of hydrogen-bond donors (Lipinski definition) is 1. The first-order valence-electron chi connectivity index (χ1n) is 9.81. The number of allylic oxidation sites excluding steroid dienone is 1. The highest BCUT2D eigenvalue weighted by atomic mass is 79.9. The van der Waals surface area contributed by atoms with Crippen molar-refractivity contribution >= 4 is 21.9 Å². The lowest BCUT2D eigenvalue weighted by molar-refractivity contribution is -0.144. The average Bonchev–Trinajstić information content (AvgIpc) is 2.69. The summed E-state index contributed by atoms with van der Waals surface area (Å²) in [6, 6.07) is 18.8. The molecule has 2 unspecified atom stereocenters. The number of esters is 1. The molecule has 0 aliphatic carbocycles. The van der Waals surface area contributed by atoms with Gasteiger partial charge in [0.25, 0.3) is 0 Å². The maximum atomic E-state index is 12.4. The zero-order chi connectivity index (χ0) is 20.4. The first kappa shape index (κ1) is 22.4. The van der Waals surface area contributed by atoms with Crippen LogP contribution in [0.1, 0.15) is 50.3 Å². The van der Waals surface area contributed by atoms with E-state index >= 15 is 0 Å². The van der Waals surface area contributed by atoms with Gasteiger partial charge in [0.2, 0.25) is 0 Å². The first-order valence-corrected chi connectivity index (χ1v) is 10.6. The van der Waals surface area contributed by atoms with Crippen LogP contribution in [0.5, 0.6) is 0 Å². The van der Waals surface area contributed by atoms with Gasteiger partial charge in [0.05, 0.1) is 13.0 Å². The number of ether oxygens (including phenoxy) is 1. The standard InChI is InChI=1S/C24H30BrNO2/c1-4-15-24(18-23(27)28-5-2,21-9-7-6-8-10-21)16-17-26-19(3)20-11-13-22(25)14-12-20/h4,6-14,19,26H,1,5,15-18H2,2-3H3. The summed E-state index contributed by atoms with van der Waals surface area (Å²) in [7, 11) is 0. The fourth-order valence-corrected chi connectivity index (χ4v) is 3.84. The van der Waals surface area contributed by atoms with Gasteiger partial charge in [-0.15, -0.1) is 6.58 Å². The Labute approximate surface area is 177 Å². The Morgan fingerprint density at radius 3 is 2.50 bits per heavy atom. The Hall–Kier alpha value is -1.91. The van der Waals surface area contributed by atoms with Gasteiger partial charge in [-0.2, -0.15) is 0 Å². The van der Waals surface area contributed by atoms with Gasteiger partial charge in [-0.05, 0) is 56.5 Å². The second-order valence-corrected chi connectivity index (χ2v) is 8.01. The number of carbonyl (C=O) groups is 1. The summed E-state index contributed by atoms with van der Waals surface area (Å²) in [5.74, 6) is -0.158. The third-order valence-corrected chi connectivity index (χ3v) is 5.66. The first-order chi connectivity index (χ1) is 13.5. The molecule has 0 aromatic heterocycles. The number of benzene rings is 2. The average molecular weight is 444 g/mol. The molecule has 0 aliphatic heterocycles. The van der Waals surface area contributed by atoms with Crippen LogP contribution in [-0.4, -0.2) is 19.1 Å². The van der Waals surface area contributed by atoms with Crippen molar-refractivity contribution in [3.05, 3.63) is 82.9 Å². The third kappa shape index (κ3) is 6.32. The van der Waals surface area contributed by atoms with Crippen molar-refractivity contribution in [2.75, 3.05) is 13.2 Å². The van der Waals surface area contributed by atoms with Crippen molar-refractivity contribution in [1.82, 2.24) is 5.32 Å².